The zero-order valence-electron chi connectivity index (χ0n) is 22.9. The van der Waals surface area contributed by atoms with Crippen molar-refractivity contribution in [2.45, 2.75) is 37.5 Å². The van der Waals surface area contributed by atoms with Crippen molar-refractivity contribution in [2.24, 2.45) is 0 Å². The maximum Gasteiger partial charge on any atom is 0.410 e. The minimum Gasteiger partial charge on any atom is -0.479 e. The lowest BCUT2D eigenvalue weighted by molar-refractivity contribution is -0.0224. The van der Waals surface area contributed by atoms with Crippen molar-refractivity contribution in [2.75, 3.05) is 44.2 Å². The van der Waals surface area contributed by atoms with Crippen LogP contribution in [0.1, 0.15) is 20.8 Å². The number of carbonyl (C=O) groups is 1. The van der Waals surface area contributed by atoms with Gasteiger partial charge in [0.15, 0.2) is 5.03 Å². The molecule has 2 aromatic heterocycles. The van der Waals surface area contributed by atoms with E-state index >= 15 is 0 Å². The van der Waals surface area contributed by atoms with E-state index in [1.54, 1.807) is 57.2 Å². The Bertz CT molecular complexity index is 1580. The molecule has 0 unspecified atom stereocenters. The van der Waals surface area contributed by atoms with Crippen molar-refractivity contribution in [3.63, 3.8) is 0 Å². The Morgan fingerprint density at radius 3 is 2.41 bits per heavy atom. The van der Waals surface area contributed by atoms with Crippen LogP contribution in [0.4, 0.5) is 10.5 Å². The number of sulfonamides is 1. The van der Waals surface area contributed by atoms with Gasteiger partial charge in [0.25, 0.3) is 10.0 Å². The molecule has 3 aromatic rings. The molecule has 2 saturated heterocycles. The molecule has 0 atom stereocenters. The van der Waals surface area contributed by atoms with E-state index in [9.17, 15) is 18.0 Å². The lowest BCUT2D eigenvalue weighted by Crippen LogP contribution is -2.57. The second-order valence-electron chi connectivity index (χ2n) is 10.7. The van der Waals surface area contributed by atoms with E-state index in [0.717, 1.165) is 0 Å². The van der Waals surface area contributed by atoms with Crippen LogP contribution in [-0.2, 0) is 14.8 Å². The monoisotopic (exact) mass is 602 g/mol. The van der Waals surface area contributed by atoms with Gasteiger partial charge in [0, 0.05) is 37.4 Å². The standard InChI is InChI=1S/C27H31ClN6O6S/c1-27(2,3)40-26(36)32-17-21(18-32)39-24-22(16-30-34(25(24)35)20-8-6-7-19(28)15-20)31-11-13-33(14-12-31)41(37,38)23-9-4-5-10-29-23/h4-10,15-16,21H,11-14,17-18H2,1-3H3. The zero-order chi connectivity index (χ0) is 29.4. The summed E-state index contributed by atoms with van der Waals surface area (Å²) < 4.78 is 40.3. The number of amides is 1. The Hall–Kier alpha value is -3.68. The highest BCUT2D eigenvalue weighted by molar-refractivity contribution is 7.89. The molecule has 14 heteroatoms. The number of nitrogens with zero attached hydrogens (tertiary/aromatic N) is 6. The van der Waals surface area contributed by atoms with E-state index in [1.807, 2.05) is 4.90 Å². The summed E-state index contributed by atoms with van der Waals surface area (Å²) in [6.07, 6.45) is 2.09. The molecule has 2 aliphatic heterocycles. The molecule has 0 aliphatic carbocycles. The summed E-state index contributed by atoms with van der Waals surface area (Å²) in [6, 6.07) is 11.5. The maximum atomic E-state index is 13.7. The van der Waals surface area contributed by atoms with Crippen molar-refractivity contribution in [1.29, 1.82) is 0 Å². The minimum atomic E-state index is -3.75. The van der Waals surface area contributed by atoms with Crippen LogP contribution in [0, 0.1) is 0 Å². The number of likely N-dealkylation sites (tertiary alicyclic amines) is 1. The molecule has 2 aliphatic rings. The van der Waals surface area contributed by atoms with Gasteiger partial charge in [-0.1, -0.05) is 23.7 Å². The number of benzene rings is 1. The summed E-state index contributed by atoms with van der Waals surface area (Å²) >= 11 is 6.15. The Kier molecular flexibility index (Phi) is 7.95. The van der Waals surface area contributed by atoms with E-state index in [2.05, 4.69) is 10.1 Å². The fourth-order valence-corrected chi connectivity index (χ4v) is 6.05. The average molecular weight is 603 g/mol. The molecule has 41 heavy (non-hydrogen) atoms. The fourth-order valence-electron chi connectivity index (χ4n) is 4.51. The zero-order valence-corrected chi connectivity index (χ0v) is 24.5. The largest absolute Gasteiger partial charge is 0.479 e. The number of carbonyl (C=O) groups excluding carboxylic acids is 1. The van der Waals surface area contributed by atoms with Gasteiger partial charge in [0.05, 0.1) is 25.0 Å². The summed E-state index contributed by atoms with van der Waals surface area (Å²) in [4.78, 5) is 33.5. The Morgan fingerprint density at radius 2 is 1.78 bits per heavy atom. The van der Waals surface area contributed by atoms with E-state index in [-0.39, 0.29) is 37.0 Å². The molecule has 0 radical (unpaired) electrons. The van der Waals surface area contributed by atoms with Gasteiger partial charge in [0.1, 0.15) is 17.4 Å². The highest BCUT2D eigenvalue weighted by Crippen LogP contribution is 2.29. The van der Waals surface area contributed by atoms with Crippen LogP contribution >= 0.6 is 11.6 Å². The van der Waals surface area contributed by atoms with Crippen LogP contribution in [0.5, 0.6) is 5.75 Å². The number of piperazine rings is 1. The van der Waals surface area contributed by atoms with Gasteiger partial charge in [-0.15, -0.1) is 0 Å². The van der Waals surface area contributed by atoms with Gasteiger partial charge in [-0.3, -0.25) is 4.79 Å². The van der Waals surface area contributed by atoms with E-state index in [0.29, 0.717) is 29.5 Å². The fraction of sp³-hybridized carbons (Fsp3) is 0.407. The first-order valence-corrected chi connectivity index (χ1v) is 14.9. The van der Waals surface area contributed by atoms with Crippen LogP contribution in [-0.4, -0.2) is 89.5 Å². The highest BCUT2D eigenvalue weighted by Gasteiger charge is 2.37. The molecule has 5 rings (SSSR count). The van der Waals surface area contributed by atoms with E-state index in [1.165, 1.54) is 32.3 Å². The highest BCUT2D eigenvalue weighted by atomic mass is 35.5. The van der Waals surface area contributed by atoms with Gasteiger partial charge in [-0.05, 0) is 51.1 Å². The molecule has 1 aromatic carbocycles. The lowest BCUT2D eigenvalue weighted by atomic mass is 10.1. The SMILES string of the molecule is CC(C)(C)OC(=O)N1CC(Oc2c(N3CCN(S(=O)(=O)c4ccccn4)CC3)cnn(-c3cccc(Cl)c3)c2=O)C1. The van der Waals surface area contributed by atoms with Crippen LogP contribution in [0.2, 0.25) is 5.02 Å². The van der Waals surface area contributed by atoms with E-state index < -0.39 is 33.4 Å². The molecule has 1 amide bonds. The number of rotatable bonds is 6. The van der Waals surface area contributed by atoms with Crippen LogP contribution in [0.25, 0.3) is 5.69 Å². The molecule has 4 heterocycles. The number of aromatic nitrogens is 3. The van der Waals surface area contributed by atoms with Crippen molar-refractivity contribution in [3.05, 3.63) is 70.2 Å². The number of anilines is 1. The summed E-state index contributed by atoms with van der Waals surface area (Å²) in [5.74, 6) is 0.0647. The Labute approximate surface area is 243 Å². The molecule has 218 valence electrons. The van der Waals surface area contributed by atoms with Crippen molar-refractivity contribution in [3.8, 4) is 11.4 Å². The predicted octanol–water partition coefficient (Wildman–Crippen LogP) is 2.79. The third-order valence-electron chi connectivity index (χ3n) is 6.57. The molecule has 0 saturated carbocycles. The summed E-state index contributed by atoms with van der Waals surface area (Å²) in [5, 5.41) is 4.81. The number of pyridine rings is 1. The topological polar surface area (TPSA) is 127 Å². The van der Waals surface area contributed by atoms with Gasteiger partial charge < -0.3 is 19.3 Å². The smallest absolute Gasteiger partial charge is 0.410 e. The number of halogens is 1. The Morgan fingerprint density at radius 1 is 1.05 bits per heavy atom. The van der Waals surface area contributed by atoms with Crippen LogP contribution in [0.3, 0.4) is 0 Å². The summed E-state index contributed by atoms with van der Waals surface area (Å²) in [7, 11) is -3.75. The molecule has 2 fully saturated rings. The number of hydrogen-bond donors (Lipinski definition) is 0. The van der Waals surface area contributed by atoms with Gasteiger partial charge in [-0.25, -0.2) is 18.2 Å². The van der Waals surface area contributed by atoms with E-state index in [4.69, 9.17) is 21.1 Å². The molecular weight excluding hydrogens is 572 g/mol. The predicted molar refractivity (Wildman–Crippen MR) is 152 cm³/mol. The molecule has 12 nitrogen and oxygen atoms in total. The van der Waals surface area contributed by atoms with Gasteiger partial charge in [0.2, 0.25) is 5.75 Å². The normalized spacial score (nSPS) is 16.8. The number of hydrogen-bond acceptors (Lipinski definition) is 9. The molecule has 0 N–H and O–H groups in total. The third-order valence-corrected chi connectivity index (χ3v) is 8.62. The van der Waals surface area contributed by atoms with Crippen LogP contribution in [0.15, 0.2) is 64.7 Å². The summed E-state index contributed by atoms with van der Waals surface area (Å²) in [6.45, 7) is 6.87. The van der Waals surface area contributed by atoms with Gasteiger partial charge >= 0.3 is 11.7 Å². The first-order chi connectivity index (χ1) is 19.4. The molecule has 0 spiro atoms. The third kappa shape index (κ3) is 6.31. The quantitative estimate of drug-likeness (QED) is 0.418. The average Bonchev–Trinajstić information content (AvgIpc) is 2.90. The second kappa shape index (κ2) is 11.3. The maximum absolute atomic E-state index is 13.7. The first-order valence-electron chi connectivity index (χ1n) is 13.1. The first kappa shape index (κ1) is 28.8. The van der Waals surface area contributed by atoms with Crippen molar-refractivity contribution >= 4 is 33.4 Å². The lowest BCUT2D eigenvalue weighted by Gasteiger charge is -2.40. The molecular formula is C27H31ClN6O6S. The molecule has 0 bridgehead atoms. The second-order valence-corrected chi connectivity index (χ2v) is 13.1. The summed E-state index contributed by atoms with van der Waals surface area (Å²) in [5.41, 5.74) is -0.213. The van der Waals surface area contributed by atoms with Crippen LogP contribution < -0.4 is 15.2 Å². The Balaban J connectivity index is 1.38. The number of ether oxygens (including phenoxy) is 2. The van der Waals surface area contributed by atoms with Gasteiger partial charge in [-0.2, -0.15) is 14.1 Å². The van der Waals surface area contributed by atoms with Crippen molar-refractivity contribution in [1.82, 2.24) is 24.0 Å². The van der Waals surface area contributed by atoms with Crippen molar-refractivity contribution < 1.29 is 22.7 Å². The minimum absolute atomic E-state index is 0.0113.